The van der Waals surface area contributed by atoms with Crippen LogP contribution < -0.4 is 10.6 Å². The monoisotopic (exact) mass is 373 g/mol. The van der Waals surface area contributed by atoms with Crippen molar-refractivity contribution < 1.29 is 18.5 Å². The molecule has 4 rings (SSSR count). The van der Waals surface area contributed by atoms with Gasteiger partial charge in [-0.05, 0) is 32.6 Å². The van der Waals surface area contributed by atoms with Crippen molar-refractivity contribution in [1.29, 1.82) is 0 Å². The number of aryl methyl sites for hydroxylation is 3. The minimum atomic E-state index is -0.539. The maximum absolute atomic E-state index is 12.3. The molecule has 0 atom stereocenters. The molecule has 9 nitrogen and oxygen atoms in total. The van der Waals surface area contributed by atoms with Crippen LogP contribution in [0.2, 0.25) is 0 Å². The van der Waals surface area contributed by atoms with Crippen molar-refractivity contribution >= 4 is 34.3 Å². The third-order valence-electron chi connectivity index (χ3n) is 3.88. The van der Waals surface area contributed by atoms with Gasteiger partial charge >= 0.3 is 6.01 Å². The average molecular weight is 373 g/mol. The number of fused-ring (bicyclic) bond motifs is 1. The third-order valence-corrected chi connectivity index (χ3v) is 4.96. The van der Waals surface area contributed by atoms with Gasteiger partial charge in [-0.1, -0.05) is 5.16 Å². The first-order chi connectivity index (χ1) is 12.6. The lowest BCUT2D eigenvalue weighted by molar-refractivity contribution is 0.100. The molecule has 1 aliphatic rings. The fourth-order valence-electron chi connectivity index (χ4n) is 2.64. The van der Waals surface area contributed by atoms with Crippen LogP contribution >= 0.6 is 11.3 Å². The fraction of sp³-hybridized carbons (Fsp3) is 0.312. The van der Waals surface area contributed by atoms with E-state index >= 15 is 0 Å². The third kappa shape index (κ3) is 3.36. The van der Waals surface area contributed by atoms with E-state index in [1.165, 1.54) is 28.5 Å². The molecule has 2 amide bonds. The van der Waals surface area contributed by atoms with E-state index in [0.717, 1.165) is 31.4 Å². The molecule has 0 fully saturated rings. The molecule has 2 N–H and O–H groups in total. The summed E-state index contributed by atoms with van der Waals surface area (Å²) >= 11 is 1.49. The molecule has 0 radical (unpaired) electrons. The van der Waals surface area contributed by atoms with Crippen LogP contribution in [-0.4, -0.2) is 26.9 Å². The molecule has 1 aliphatic carbocycles. The standard InChI is InChI=1S/C16H15N5O4S/c1-8-6-10(21-25-8)13(22)19-15-17-11(7-24-15)14(23)20-16-18-9-4-2-3-5-12(9)26-16/h6-7H,2-5H2,1H3,(H,17,19,22)(H,18,20,23). The van der Waals surface area contributed by atoms with Crippen LogP contribution in [-0.2, 0) is 12.8 Å². The Hall–Kier alpha value is -3.01. The topological polar surface area (TPSA) is 123 Å². The lowest BCUT2D eigenvalue weighted by atomic mass is 10.0. The number of carbonyl (C=O) groups is 2. The van der Waals surface area contributed by atoms with Gasteiger partial charge in [-0.15, -0.1) is 11.3 Å². The van der Waals surface area contributed by atoms with E-state index in [1.54, 1.807) is 6.92 Å². The number of rotatable bonds is 4. The van der Waals surface area contributed by atoms with Crippen molar-refractivity contribution in [3.63, 3.8) is 0 Å². The van der Waals surface area contributed by atoms with Crippen molar-refractivity contribution in [2.75, 3.05) is 10.6 Å². The molecule has 0 bridgehead atoms. The Balaban J connectivity index is 1.41. The highest BCUT2D eigenvalue weighted by Gasteiger charge is 2.20. The largest absolute Gasteiger partial charge is 0.431 e. The van der Waals surface area contributed by atoms with E-state index in [9.17, 15) is 9.59 Å². The van der Waals surface area contributed by atoms with E-state index in [0.29, 0.717) is 10.9 Å². The van der Waals surface area contributed by atoms with Gasteiger partial charge in [0.15, 0.2) is 16.5 Å². The molecule has 0 saturated carbocycles. The van der Waals surface area contributed by atoms with Gasteiger partial charge in [0.05, 0.1) is 5.69 Å². The van der Waals surface area contributed by atoms with Crippen molar-refractivity contribution in [2.24, 2.45) is 0 Å². The van der Waals surface area contributed by atoms with Crippen LogP contribution in [0.3, 0.4) is 0 Å². The van der Waals surface area contributed by atoms with Crippen molar-refractivity contribution in [1.82, 2.24) is 15.1 Å². The van der Waals surface area contributed by atoms with E-state index in [1.807, 2.05) is 0 Å². The van der Waals surface area contributed by atoms with Crippen LogP contribution in [0, 0.1) is 6.92 Å². The summed E-state index contributed by atoms with van der Waals surface area (Å²) in [6.07, 6.45) is 5.40. The number of nitrogens with one attached hydrogen (secondary N) is 2. The molecule has 134 valence electrons. The van der Waals surface area contributed by atoms with Gasteiger partial charge in [0, 0.05) is 10.9 Å². The summed E-state index contributed by atoms with van der Waals surface area (Å²) in [4.78, 5) is 33.9. The van der Waals surface area contributed by atoms with Gasteiger partial charge in [0.2, 0.25) is 0 Å². The Morgan fingerprint density at radius 2 is 1.92 bits per heavy atom. The number of nitrogens with zero attached hydrogens (tertiary/aromatic N) is 3. The van der Waals surface area contributed by atoms with Crippen LogP contribution in [0.25, 0.3) is 0 Å². The second-order valence-corrected chi connectivity index (χ2v) is 6.95. The SMILES string of the molecule is Cc1cc(C(=O)Nc2nc(C(=O)Nc3nc4c(s3)CCCC4)co2)no1. The summed E-state index contributed by atoms with van der Waals surface area (Å²) < 4.78 is 9.96. The van der Waals surface area contributed by atoms with Gasteiger partial charge in [0.25, 0.3) is 11.8 Å². The molecule has 10 heteroatoms. The van der Waals surface area contributed by atoms with Gasteiger partial charge < -0.3 is 8.94 Å². The Morgan fingerprint density at radius 1 is 1.12 bits per heavy atom. The van der Waals surface area contributed by atoms with E-state index in [4.69, 9.17) is 8.94 Å². The first kappa shape index (κ1) is 16.5. The lowest BCUT2D eigenvalue weighted by Gasteiger charge is -2.06. The number of anilines is 2. The summed E-state index contributed by atoms with van der Waals surface area (Å²) in [5.41, 5.74) is 1.21. The fourth-order valence-corrected chi connectivity index (χ4v) is 3.68. The van der Waals surface area contributed by atoms with Crippen LogP contribution in [0.15, 0.2) is 21.3 Å². The quantitative estimate of drug-likeness (QED) is 0.720. The smallest absolute Gasteiger partial charge is 0.302 e. The highest BCUT2D eigenvalue weighted by atomic mass is 32.1. The normalized spacial score (nSPS) is 13.3. The average Bonchev–Trinajstić information content (AvgIpc) is 3.33. The number of hydrogen-bond acceptors (Lipinski definition) is 8. The van der Waals surface area contributed by atoms with E-state index in [2.05, 4.69) is 25.8 Å². The Labute approximate surface area is 151 Å². The maximum Gasteiger partial charge on any atom is 0.302 e. The minimum absolute atomic E-state index is 0.0461. The second-order valence-electron chi connectivity index (χ2n) is 5.86. The Morgan fingerprint density at radius 3 is 2.69 bits per heavy atom. The number of aromatic nitrogens is 3. The molecule has 0 unspecified atom stereocenters. The second kappa shape index (κ2) is 6.71. The highest BCUT2D eigenvalue weighted by molar-refractivity contribution is 7.15. The summed E-state index contributed by atoms with van der Waals surface area (Å²) in [6.45, 7) is 1.67. The molecule has 3 heterocycles. The van der Waals surface area contributed by atoms with Crippen molar-refractivity contribution in [2.45, 2.75) is 32.6 Å². The number of thiazole rings is 1. The summed E-state index contributed by atoms with van der Waals surface area (Å²) in [5.74, 6) is -0.477. The zero-order chi connectivity index (χ0) is 18.1. The molecular formula is C16H15N5O4S. The van der Waals surface area contributed by atoms with Gasteiger partial charge in [-0.3, -0.25) is 20.2 Å². The first-order valence-corrected chi connectivity index (χ1v) is 8.90. The summed E-state index contributed by atoms with van der Waals surface area (Å²) in [6, 6.07) is 1.38. The van der Waals surface area contributed by atoms with Crippen LogP contribution in [0.5, 0.6) is 0 Å². The van der Waals surface area contributed by atoms with Gasteiger partial charge in [0.1, 0.15) is 12.0 Å². The predicted octanol–water partition coefficient (Wildman–Crippen LogP) is 2.81. The van der Waals surface area contributed by atoms with Gasteiger partial charge in [-0.25, -0.2) is 4.98 Å². The molecule has 3 aromatic rings. The zero-order valence-electron chi connectivity index (χ0n) is 13.9. The highest BCUT2D eigenvalue weighted by Crippen LogP contribution is 2.29. The van der Waals surface area contributed by atoms with Crippen LogP contribution in [0.1, 0.15) is 50.1 Å². The molecular weight excluding hydrogens is 358 g/mol. The lowest BCUT2D eigenvalue weighted by Crippen LogP contribution is -2.14. The first-order valence-electron chi connectivity index (χ1n) is 8.08. The molecule has 0 aromatic carbocycles. The summed E-state index contributed by atoms with van der Waals surface area (Å²) in [7, 11) is 0. The van der Waals surface area contributed by atoms with Gasteiger partial charge in [-0.2, -0.15) is 4.98 Å². The number of oxazole rings is 1. The summed E-state index contributed by atoms with van der Waals surface area (Å²) in [5, 5.41) is 9.29. The number of amides is 2. The molecule has 0 aliphatic heterocycles. The van der Waals surface area contributed by atoms with Crippen LogP contribution in [0.4, 0.5) is 11.1 Å². The Bertz CT molecular complexity index is 950. The number of hydrogen-bond donors (Lipinski definition) is 2. The zero-order valence-corrected chi connectivity index (χ0v) is 14.7. The molecule has 26 heavy (non-hydrogen) atoms. The van der Waals surface area contributed by atoms with E-state index < -0.39 is 11.8 Å². The maximum atomic E-state index is 12.3. The Kier molecular flexibility index (Phi) is 4.25. The number of carbonyl (C=O) groups excluding carboxylic acids is 2. The minimum Gasteiger partial charge on any atom is -0.431 e. The molecule has 3 aromatic heterocycles. The van der Waals surface area contributed by atoms with Crippen molar-refractivity contribution in [3.05, 3.63) is 40.0 Å². The molecule has 0 saturated heterocycles. The molecule has 0 spiro atoms. The van der Waals surface area contributed by atoms with E-state index in [-0.39, 0.29) is 17.4 Å². The van der Waals surface area contributed by atoms with Crippen molar-refractivity contribution in [3.8, 4) is 0 Å². The predicted molar refractivity (Wildman–Crippen MR) is 92.4 cm³/mol.